The van der Waals surface area contributed by atoms with Gasteiger partial charge in [-0.2, -0.15) is 0 Å². The predicted octanol–water partition coefficient (Wildman–Crippen LogP) is 0.788. The summed E-state index contributed by atoms with van der Waals surface area (Å²) in [5.74, 6) is 0.748. The van der Waals surface area contributed by atoms with Gasteiger partial charge in [0.25, 0.3) is 5.91 Å². The second-order valence-electron chi connectivity index (χ2n) is 6.03. The maximum Gasteiger partial charge on any atom is 0.257 e. The highest BCUT2D eigenvalue weighted by molar-refractivity contribution is 5.77. The average Bonchev–Trinajstić information content (AvgIpc) is 2.61. The summed E-state index contributed by atoms with van der Waals surface area (Å²) in [6.07, 6.45) is 6.14. The van der Waals surface area contributed by atoms with E-state index in [4.69, 9.17) is 9.47 Å². The molecule has 1 aliphatic heterocycles. The third kappa shape index (κ3) is 4.65. The number of aromatic nitrogens is 1. The number of carbonyl (C=O) groups is 1. The van der Waals surface area contributed by atoms with Crippen LogP contribution in [0.3, 0.4) is 0 Å². The number of nitrogens with zero attached hydrogens (tertiary/aromatic N) is 2. The first kappa shape index (κ1) is 16.2. The minimum absolute atomic E-state index is 0.0690. The van der Waals surface area contributed by atoms with Gasteiger partial charge in [-0.15, -0.1) is 0 Å². The fourth-order valence-corrected chi connectivity index (χ4v) is 3.10. The molecule has 0 radical (unpaired) electrons. The van der Waals surface area contributed by atoms with Crippen molar-refractivity contribution < 1.29 is 14.3 Å². The van der Waals surface area contributed by atoms with Crippen LogP contribution in [0.4, 0.5) is 0 Å². The Balaban J connectivity index is 1.40. The van der Waals surface area contributed by atoms with Crippen molar-refractivity contribution in [1.82, 2.24) is 15.2 Å². The lowest BCUT2D eigenvalue weighted by Crippen LogP contribution is -2.42. The van der Waals surface area contributed by atoms with E-state index in [-0.39, 0.29) is 12.5 Å². The van der Waals surface area contributed by atoms with Gasteiger partial charge in [0.15, 0.2) is 6.61 Å². The molecule has 1 aromatic heterocycles. The number of hydrogen-bond donors (Lipinski definition) is 1. The smallest absolute Gasteiger partial charge is 0.257 e. The van der Waals surface area contributed by atoms with Crippen LogP contribution in [0.5, 0.6) is 5.75 Å². The Kier molecular flexibility index (Phi) is 5.82. The zero-order valence-corrected chi connectivity index (χ0v) is 13.6. The molecule has 1 amide bonds. The fraction of sp³-hybridized carbons (Fsp3) is 0.647. The van der Waals surface area contributed by atoms with Gasteiger partial charge in [-0.25, -0.2) is 0 Å². The standard InChI is InChI=1S/C17H25N3O3/c21-17(19-7-8-20-9-11-22-12-10-20)13-23-16-5-6-18-15-4-2-1-3-14(15)16/h5-6H,1-4,7-13H2,(H,19,21). The molecule has 6 nitrogen and oxygen atoms in total. The van der Waals surface area contributed by atoms with Crippen LogP contribution in [0.2, 0.25) is 0 Å². The molecule has 1 saturated heterocycles. The van der Waals surface area contributed by atoms with Gasteiger partial charge < -0.3 is 14.8 Å². The zero-order chi connectivity index (χ0) is 15.9. The summed E-state index contributed by atoms with van der Waals surface area (Å²) in [5, 5.41) is 2.92. The quantitative estimate of drug-likeness (QED) is 0.840. The molecule has 0 saturated carbocycles. The normalized spacial score (nSPS) is 18.3. The Morgan fingerprint density at radius 3 is 3.00 bits per heavy atom. The number of carbonyl (C=O) groups excluding carboxylic acids is 1. The topological polar surface area (TPSA) is 63.7 Å². The van der Waals surface area contributed by atoms with E-state index < -0.39 is 0 Å². The zero-order valence-electron chi connectivity index (χ0n) is 13.6. The minimum atomic E-state index is -0.0698. The summed E-state index contributed by atoms with van der Waals surface area (Å²) in [7, 11) is 0. The Morgan fingerprint density at radius 1 is 1.30 bits per heavy atom. The van der Waals surface area contributed by atoms with Gasteiger partial charge >= 0.3 is 0 Å². The highest BCUT2D eigenvalue weighted by Crippen LogP contribution is 2.27. The molecule has 0 atom stereocenters. The van der Waals surface area contributed by atoms with Crippen LogP contribution < -0.4 is 10.1 Å². The average molecular weight is 319 g/mol. The van der Waals surface area contributed by atoms with Crippen LogP contribution in [0.25, 0.3) is 0 Å². The molecule has 1 N–H and O–H groups in total. The van der Waals surface area contributed by atoms with E-state index in [0.29, 0.717) is 6.54 Å². The third-order valence-electron chi connectivity index (χ3n) is 4.41. The number of fused-ring (bicyclic) bond motifs is 1. The molecule has 0 aromatic carbocycles. The first-order valence-electron chi connectivity index (χ1n) is 8.49. The molecule has 1 aliphatic carbocycles. The highest BCUT2D eigenvalue weighted by atomic mass is 16.5. The molecule has 1 aromatic rings. The number of aryl methyl sites for hydroxylation is 1. The molecular weight excluding hydrogens is 294 g/mol. The largest absolute Gasteiger partial charge is 0.483 e. The predicted molar refractivity (Wildman–Crippen MR) is 86.6 cm³/mol. The van der Waals surface area contributed by atoms with Gasteiger partial charge in [0.05, 0.1) is 13.2 Å². The Bertz CT molecular complexity index is 530. The van der Waals surface area contributed by atoms with Crippen LogP contribution in [0.15, 0.2) is 12.3 Å². The van der Waals surface area contributed by atoms with Gasteiger partial charge in [0, 0.05) is 43.6 Å². The fourth-order valence-electron chi connectivity index (χ4n) is 3.10. The summed E-state index contributed by atoms with van der Waals surface area (Å²) < 4.78 is 11.0. The van der Waals surface area contributed by atoms with E-state index in [9.17, 15) is 4.79 Å². The van der Waals surface area contributed by atoms with Gasteiger partial charge in [-0.3, -0.25) is 14.7 Å². The molecule has 23 heavy (non-hydrogen) atoms. The second-order valence-corrected chi connectivity index (χ2v) is 6.03. The SMILES string of the molecule is O=C(COc1ccnc2c1CCCC2)NCCN1CCOCC1. The highest BCUT2D eigenvalue weighted by Gasteiger charge is 2.16. The van der Waals surface area contributed by atoms with Crippen molar-refractivity contribution in [3.8, 4) is 5.75 Å². The van der Waals surface area contributed by atoms with Crippen LogP contribution in [0.1, 0.15) is 24.1 Å². The second kappa shape index (κ2) is 8.26. The Morgan fingerprint density at radius 2 is 2.13 bits per heavy atom. The number of hydrogen-bond acceptors (Lipinski definition) is 5. The van der Waals surface area contributed by atoms with Crippen LogP contribution in [-0.4, -0.2) is 61.8 Å². The van der Waals surface area contributed by atoms with E-state index in [1.54, 1.807) is 6.20 Å². The number of nitrogens with one attached hydrogen (secondary N) is 1. The summed E-state index contributed by atoms with van der Waals surface area (Å²) in [6, 6.07) is 1.87. The van der Waals surface area contributed by atoms with Crippen LogP contribution in [0, 0.1) is 0 Å². The van der Waals surface area contributed by atoms with Crippen molar-refractivity contribution in [2.45, 2.75) is 25.7 Å². The van der Waals surface area contributed by atoms with Crippen molar-refractivity contribution in [3.63, 3.8) is 0 Å². The molecule has 1 fully saturated rings. The summed E-state index contributed by atoms with van der Waals surface area (Å²) in [5.41, 5.74) is 2.31. The first-order valence-corrected chi connectivity index (χ1v) is 8.49. The third-order valence-corrected chi connectivity index (χ3v) is 4.41. The molecule has 3 rings (SSSR count). The van der Waals surface area contributed by atoms with Crippen molar-refractivity contribution >= 4 is 5.91 Å². The molecule has 126 valence electrons. The molecular formula is C17H25N3O3. The van der Waals surface area contributed by atoms with Gasteiger partial charge in [-0.05, 0) is 31.7 Å². The van der Waals surface area contributed by atoms with Gasteiger partial charge in [-0.1, -0.05) is 0 Å². The van der Waals surface area contributed by atoms with Crippen LogP contribution in [-0.2, 0) is 22.4 Å². The molecule has 0 spiro atoms. The molecule has 6 heteroatoms. The molecule has 2 aliphatic rings. The monoisotopic (exact) mass is 319 g/mol. The van der Waals surface area contributed by atoms with Crippen molar-refractivity contribution in [2.75, 3.05) is 46.0 Å². The number of pyridine rings is 1. The molecule has 2 heterocycles. The minimum Gasteiger partial charge on any atom is -0.483 e. The van der Waals surface area contributed by atoms with Gasteiger partial charge in [0.1, 0.15) is 5.75 Å². The van der Waals surface area contributed by atoms with E-state index in [1.165, 1.54) is 18.4 Å². The van der Waals surface area contributed by atoms with Crippen LogP contribution >= 0.6 is 0 Å². The van der Waals surface area contributed by atoms with E-state index >= 15 is 0 Å². The lowest BCUT2D eigenvalue weighted by atomic mass is 9.95. The van der Waals surface area contributed by atoms with Crippen molar-refractivity contribution in [3.05, 3.63) is 23.5 Å². The van der Waals surface area contributed by atoms with Crippen molar-refractivity contribution in [2.24, 2.45) is 0 Å². The number of rotatable bonds is 6. The molecule has 0 unspecified atom stereocenters. The Labute approximate surface area is 137 Å². The number of ether oxygens (including phenoxy) is 2. The summed E-state index contributed by atoms with van der Waals surface area (Å²) in [4.78, 5) is 18.6. The Hall–Kier alpha value is -1.66. The summed E-state index contributed by atoms with van der Waals surface area (Å²) >= 11 is 0. The van der Waals surface area contributed by atoms with E-state index in [1.807, 2.05) is 6.07 Å². The van der Waals surface area contributed by atoms with Crippen molar-refractivity contribution in [1.29, 1.82) is 0 Å². The first-order chi connectivity index (χ1) is 11.3. The maximum atomic E-state index is 11.9. The lowest BCUT2D eigenvalue weighted by molar-refractivity contribution is -0.123. The lowest BCUT2D eigenvalue weighted by Gasteiger charge is -2.26. The van der Waals surface area contributed by atoms with Gasteiger partial charge in [0.2, 0.25) is 0 Å². The molecule has 0 bridgehead atoms. The van der Waals surface area contributed by atoms with E-state index in [2.05, 4.69) is 15.2 Å². The number of amides is 1. The summed E-state index contributed by atoms with van der Waals surface area (Å²) in [6.45, 7) is 5.02. The van der Waals surface area contributed by atoms with E-state index in [0.717, 1.165) is 57.1 Å². The maximum absolute atomic E-state index is 11.9. The number of morpholine rings is 1.